The van der Waals surface area contributed by atoms with Crippen LogP contribution in [0.5, 0.6) is 5.75 Å². The summed E-state index contributed by atoms with van der Waals surface area (Å²) in [6.45, 7) is 0. The predicted octanol–water partition coefficient (Wildman–Crippen LogP) is 2.97. The fourth-order valence-electron chi connectivity index (χ4n) is 1.54. The molecule has 0 aromatic heterocycles. The van der Waals surface area contributed by atoms with Crippen LogP contribution < -0.4 is 5.73 Å². The second kappa shape index (κ2) is 4.59. The monoisotopic (exact) mass is 291 g/mol. The number of phenolic OH excluding ortho intramolecular Hbond substituents is 1. The van der Waals surface area contributed by atoms with Crippen molar-refractivity contribution < 1.29 is 9.90 Å². The highest BCUT2D eigenvalue weighted by atomic mass is 79.9. The summed E-state index contributed by atoms with van der Waals surface area (Å²) >= 11 is 3.18. The minimum Gasteiger partial charge on any atom is -0.507 e. The number of aromatic hydroxyl groups is 1. The summed E-state index contributed by atoms with van der Waals surface area (Å²) in [5, 5.41) is 9.57. The number of nitrogen functional groups attached to an aromatic ring is 1. The standard InChI is InChI=1S/C13H10BrNO2/c14-12-10(16)7-6-9(15)11(12)13(17)8-4-2-1-3-5-8/h1-7,16H,15H2. The molecule has 0 fully saturated rings. The van der Waals surface area contributed by atoms with E-state index in [0.717, 1.165) is 0 Å². The van der Waals surface area contributed by atoms with Gasteiger partial charge in [-0.15, -0.1) is 0 Å². The van der Waals surface area contributed by atoms with Crippen LogP contribution in [0.3, 0.4) is 0 Å². The maximum atomic E-state index is 12.2. The lowest BCUT2D eigenvalue weighted by molar-refractivity contribution is 0.103. The summed E-state index contributed by atoms with van der Waals surface area (Å²) in [5.41, 5.74) is 6.92. The van der Waals surface area contributed by atoms with E-state index in [-0.39, 0.29) is 17.1 Å². The summed E-state index contributed by atoms with van der Waals surface area (Å²) in [6.07, 6.45) is 0. The highest BCUT2D eigenvalue weighted by molar-refractivity contribution is 9.10. The Hall–Kier alpha value is -1.81. The molecule has 0 aliphatic carbocycles. The Kier molecular flexibility index (Phi) is 3.15. The van der Waals surface area contributed by atoms with Crippen LogP contribution in [0.15, 0.2) is 46.9 Å². The molecule has 2 aromatic rings. The van der Waals surface area contributed by atoms with Gasteiger partial charge in [0.15, 0.2) is 5.78 Å². The van der Waals surface area contributed by atoms with Crippen LogP contribution in [0.4, 0.5) is 5.69 Å². The molecule has 0 saturated carbocycles. The zero-order chi connectivity index (χ0) is 12.4. The van der Waals surface area contributed by atoms with E-state index in [1.165, 1.54) is 12.1 Å². The maximum Gasteiger partial charge on any atom is 0.196 e. The number of anilines is 1. The summed E-state index contributed by atoms with van der Waals surface area (Å²) < 4.78 is 0.325. The fraction of sp³-hybridized carbons (Fsp3) is 0. The first-order chi connectivity index (χ1) is 8.11. The molecule has 2 aromatic carbocycles. The average molecular weight is 292 g/mol. The van der Waals surface area contributed by atoms with Crippen molar-refractivity contribution in [2.24, 2.45) is 0 Å². The lowest BCUT2D eigenvalue weighted by Crippen LogP contribution is -2.06. The van der Waals surface area contributed by atoms with Crippen LogP contribution in [0, 0.1) is 0 Å². The second-order valence-corrected chi connectivity index (χ2v) is 4.35. The first-order valence-corrected chi connectivity index (χ1v) is 5.77. The van der Waals surface area contributed by atoms with Gasteiger partial charge in [-0.25, -0.2) is 0 Å². The van der Waals surface area contributed by atoms with Crippen molar-refractivity contribution in [3.05, 3.63) is 58.1 Å². The number of carbonyl (C=O) groups is 1. The molecule has 0 atom stereocenters. The number of halogens is 1. The van der Waals surface area contributed by atoms with Crippen molar-refractivity contribution in [1.29, 1.82) is 0 Å². The van der Waals surface area contributed by atoms with E-state index in [1.54, 1.807) is 24.3 Å². The van der Waals surface area contributed by atoms with Crippen molar-refractivity contribution in [3.8, 4) is 5.75 Å². The molecule has 2 rings (SSSR count). The van der Waals surface area contributed by atoms with E-state index in [1.807, 2.05) is 6.07 Å². The van der Waals surface area contributed by atoms with Crippen LogP contribution in [0.25, 0.3) is 0 Å². The van der Waals surface area contributed by atoms with Crippen molar-refractivity contribution in [2.75, 3.05) is 5.73 Å². The van der Waals surface area contributed by atoms with Gasteiger partial charge < -0.3 is 10.8 Å². The number of rotatable bonds is 2. The van der Waals surface area contributed by atoms with Gasteiger partial charge in [0.05, 0.1) is 10.0 Å². The molecule has 3 nitrogen and oxygen atoms in total. The SMILES string of the molecule is Nc1ccc(O)c(Br)c1C(=O)c1ccccc1. The molecule has 86 valence electrons. The Morgan fingerprint density at radius 2 is 1.76 bits per heavy atom. The molecule has 4 heteroatoms. The molecule has 17 heavy (non-hydrogen) atoms. The predicted molar refractivity (Wildman–Crippen MR) is 70.1 cm³/mol. The number of ketones is 1. The number of hydrogen-bond acceptors (Lipinski definition) is 3. The van der Waals surface area contributed by atoms with E-state index in [2.05, 4.69) is 15.9 Å². The smallest absolute Gasteiger partial charge is 0.196 e. The molecule has 0 radical (unpaired) electrons. The Balaban J connectivity index is 2.56. The minimum absolute atomic E-state index is 0.00141. The molecule has 0 heterocycles. The molecule has 0 aliphatic rings. The lowest BCUT2D eigenvalue weighted by Gasteiger charge is -2.08. The highest BCUT2D eigenvalue weighted by Crippen LogP contribution is 2.33. The Morgan fingerprint density at radius 3 is 2.41 bits per heavy atom. The number of hydrogen-bond donors (Lipinski definition) is 2. The van der Waals surface area contributed by atoms with Gasteiger partial charge in [0.1, 0.15) is 5.75 Å². The van der Waals surface area contributed by atoms with Gasteiger partial charge in [0.2, 0.25) is 0 Å². The van der Waals surface area contributed by atoms with Gasteiger partial charge >= 0.3 is 0 Å². The lowest BCUT2D eigenvalue weighted by atomic mass is 10.0. The largest absolute Gasteiger partial charge is 0.507 e. The molecule has 0 unspecified atom stereocenters. The highest BCUT2D eigenvalue weighted by Gasteiger charge is 2.17. The van der Waals surface area contributed by atoms with Gasteiger partial charge in [0, 0.05) is 11.3 Å². The summed E-state index contributed by atoms with van der Waals surface area (Å²) in [7, 11) is 0. The van der Waals surface area contributed by atoms with Gasteiger partial charge in [-0.3, -0.25) is 4.79 Å². The van der Waals surface area contributed by atoms with Crippen LogP contribution in [0.1, 0.15) is 15.9 Å². The molecule has 0 bridgehead atoms. The molecular formula is C13H10BrNO2. The zero-order valence-electron chi connectivity index (χ0n) is 8.85. The van der Waals surface area contributed by atoms with E-state index >= 15 is 0 Å². The van der Waals surface area contributed by atoms with Crippen molar-refractivity contribution in [1.82, 2.24) is 0 Å². The normalized spacial score (nSPS) is 10.2. The summed E-state index contributed by atoms with van der Waals surface area (Å²) in [5.74, 6) is -0.218. The first-order valence-electron chi connectivity index (χ1n) is 4.98. The third-order valence-corrected chi connectivity index (χ3v) is 3.22. The topological polar surface area (TPSA) is 63.3 Å². The zero-order valence-corrected chi connectivity index (χ0v) is 10.4. The fourth-order valence-corrected chi connectivity index (χ4v) is 2.09. The third kappa shape index (κ3) is 2.17. The van der Waals surface area contributed by atoms with Crippen molar-refractivity contribution >= 4 is 27.4 Å². The maximum absolute atomic E-state index is 12.2. The molecule has 0 aliphatic heterocycles. The van der Waals surface area contributed by atoms with E-state index in [0.29, 0.717) is 15.7 Å². The Bertz CT molecular complexity index is 567. The van der Waals surface area contributed by atoms with Gasteiger partial charge in [-0.05, 0) is 28.1 Å². The molecule has 0 saturated heterocycles. The summed E-state index contributed by atoms with van der Waals surface area (Å²) in [4.78, 5) is 12.2. The molecule has 0 amide bonds. The summed E-state index contributed by atoms with van der Waals surface area (Å²) in [6, 6.07) is 11.8. The van der Waals surface area contributed by atoms with Gasteiger partial charge in [-0.1, -0.05) is 30.3 Å². The van der Waals surface area contributed by atoms with Gasteiger partial charge in [-0.2, -0.15) is 0 Å². The number of benzene rings is 2. The van der Waals surface area contributed by atoms with Gasteiger partial charge in [0.25, 0.3) is 0 Å². The van der Waals surface area contributed by atoms with E-state index < -0.39 is 0 Å². The second-order valence-electron chi connectivity index (χ2n) is 3.56. The van der Waals surface area contributed by atoms with Crippen LogP contribution >= 0.6 is 15.9 Å². The molecule has 0 spiro atoms. The average Bonchev–Trinajstić information content (AvgIpc) is 2.35. The van der Waals surface area contributed by atoms with Crippen molar-refractivity contribution in [2.45, 2.75) is 0 Å². The van der Waals surface area contributed by atoms with Crippen LogP contribution in [-0.2, 0) is 0 Å². The molecule has 3 N–H and O–H groups in total. The number of phenols is 1. The minimum atomic E-state index is -0.217. The number of carbonyl (C=O) groups excluding carboxylic acids is 1. The van der Waals surface area contributed by atoms with Crippen LogP contribution in [0.2, 0.25) is 0 Å². The quantitative estimate of drug-likeness (QED) is 0.508. The first kappa shape index (κ1) is 11.7. The number of nitrogens with two attached hydrogens (primary N) is 1. The van der Waals surface area contributed by atoms with E-state index in [9.17, 15) is 9.90 Å². The molecular weight excluding hydrogens is 282 g/mol. The van der Waals surface area contributed by atoms with Crippen LogP contribution in [-0.4, -0.2) is 10.9 Å². The van der Waals surface area contributed by atoms with Crippen molar-refractivity contribution in [3.63, 3.8) is 0 Å². The third-order valence-electron chi connectivity index (χ3n) is 2.42. The van der Waals surface area contributed by atoms with E-state index in [4.69, 9.17) is 5.73 Å². The Labute approximate surface area is 107 Å². The Morgan fingerprint density at radius 1 is 1.12 bits per heavy atom.